The summed E-state index contributed by atoms with van der Waals surface area (Å²) in [5.74, 6) is -1.24. The number of hydrogen-bond acceptors (Lipinski definition) is 5. The van der Waals surface area contributed by atoms with Crippen molar-refractivity contribution in [2.75, 3.05) is 30.0 Å². The van der Waals surface area contributed by atoms with Gasteiger partial charge < -0.3 is 19.7 Å². The minimum atomic E-state index is -0.602. The van der Waals surface area contributed by atoms with Crippen molar-refractivity contribution in [2.24, 2.45) is 5.92 Å². The van der Waals surface area contributed by atoms with E-state index in [0.717, 1.165) is 10.2 Å². The van der Waals surface area contributed by atoms with Gasteiger partial charge in [0.15, 0.2) is 6.61 Å². The Kier molecular flexibility index (Phi) is 6.87. The summed E-state index contributed by atoms with van der Waals surface area (Å²) in [6, 6.07) is 14.3. The Morgan fingerprint density at radius 2 is 1.90 bits per heavy atom. The van der Waals surface area contributed by atoms with Gasteiger partial charge in [0.25, 0.3) is 5.91 Å². The average molecular weight is 461 g/mol. The first kappa shape index (κ1) is 20.9. The van der Waals surface area contributed by atoms with E-state index in [2.05, 4.69) is 21.2 Å². The molecule has 2 aromatic rings. The molecule has 1 aliphatic rings. The van der Waals surface area contributed by atoms with Crippen LogP contribution in [0.15, 0.2) is 53.0 Å². The molecule has 0 bridgehead atoms. The van der Waals surface area contributed by atoms with E-state index in [9.17, 15) is 14.4 Å². The van der Waals surface area contributed by atoms with E-state index >= 15 is 0 Å². The maximum absolute atomic E-state index is 12.3. The summed E-state index contributed by atoms with van der Waals surface area (Å²) in [6.45, 7) is 2.11. The van der Waals surface area contributed by atoms with Crippen LogP contribution in [0.5, 0.6) is 5.75 Å². The monoisotopic (exact) mass is 460 g/mol. The number of rotatable bonds is 7. The molecule has 2 amide bonds. The highest BCUT2D eigenvalue weighted by Crippen LogP contribution is 2.27. The van der Waals surface area contributed by atoms with E-state index in [-0.39, 0.29) is 18.9 Å². The van der Waals surface area contributed by atoms with Crippen LogP contribution < -0.4 is 15.0 Å². The first-order valence-corrected chi connectivity index (χ1v) is 10.0. The van der Waals surface area contributed by atoms with Crippen LogP contribution in [0.2, 0.25) is 0 Å². The SMILES string of the molecule is CCOc1ccccc1NC(=O)COC(=O)[C@@H]1CC(=O)N(c2ccc(Br)cc2)C1. The number of halogens is 1. The zero-order valence-electron chi connectivity index (χ0n) is 15.9. The van der Waals surface area contributed by atoms with E-state index in [4.69, 9.17) is 9.47 Å². The predicted molar refractivity (Wildman–Crippen MR) is 112 cm³/mol. The van der Waals surface area contributed by atoms with Crippen molar-refractivity contribution >= 4 is 45.1 Å². The Labute approximate surface area is 177 Å². The lowest BCUT2D eigenvalue weighted by Crippen LogP contribution is -2.28. The molecule has 0 unspecified atom stereocenters. The van der Waals surface area contributed by atoms with Crippen LogP contribution in [-0.2, 0) is 19.1 Å². The lowest BCUT2D eigenvalue weighted by atomic mass is 10.1. The molecule has 0 spiro atoms. The molecule has 0 aliphatic carbocycles. The fourth-order valence-corrected chi connectivity index (χ4v) is 3.29. The number of para-hydroxylation sites is 2. The molecule has 7 nitrogen and oxygen atoms in total. The van der Waals surface area contributed by atoms with E-state index in [1.807, 2.05) is 19.1 Å². The van der Waals surface area contributed by atoms with Gasteiger partial charge in [0, 0.05) is 23.1 Å². The van der Waals surface area contributed by atoms with Crippen molar-refractivity contribution in [3.8, 4) is 5.75 Å². The van der Waals surface area contributed by atoms with Gasteiger partial charge in [-0.05, 0) is 43.3 Å². The fourth-order valence-electron chi connectivity index (χ4n) is 3.03. The summed E-state index contributed by atoms with van der Waals surface area (Å²) in [4.78, 5) is 38.3. The highest BCUT2D eigenvalue weighted by molar-refractivity contribution is 9.10. The zero-order valence-corrected chi connectivity index (χ0v) is 17.5. The molecule has 1 fully saturated rings. The van der Waals surface area contributed by atoms with Gasteiger partial charge in [-0.1, -0.05) is 28.1 Å². The first-order valence-electron chi connectivity index (χ1n) is 9.22. The molecular formula is C21H21BrN2O5. The summed E-state index contributed by atoms with van der Waals surface area (Å²) in [6.07, 6.45) is 0.0592. The number of amides is 2. The number of esters is 1. The number of nitrogens with one attached hydrogen (secondary N) is 1. The van der Waals surface area contributed by atoms with Crippen LogP contribution in [0.25, 0.3) is 0 Å². The Hall–Kier alpha value is -2.87. The minimum Gasteiger partial charge on any atom is -0.492 e. The molecule has 0 saturated carbocycles. The van der Waals surface area contributed by atoms with Crippen LogP contribution in [-0.4, -0.2) is 37.5 Å². The van der Waals surface area contributed by atoms with Gasteiger partial charge >= 0.3 is 5.97 Å². The molecule has 0 aromatic heterocycles. The van der Waals surface area contributed by atoms with E-state index in [1.165, 1.54) is 0 Å². The van der Waals surface area contributed by atoms with Crippen LogP contribution in [0.3, 0.4) is 0 Å². The maximum atomic E-state index is 12.3. The Balaban J connectivity index is 1.52. The zero-order chi connectivity index (χ0) is 20.8. The number of carbonyl (C=O) groups is 3. The molecule has 1 heterocycles. The third-order valence-corrected chi connectivity index (χ3v) is 4.93. The van der Waals surface area contributed by atoms with Gasteiger partial charge in [-0.2, -0.15) is 0 Å². The van der Waals surface area contributed by atoms with Gasteiger partial charge in [0.1, 0.15) is 5.75 Å². The van der Waals surface area contributed by atoms with Crippen LogP contribution in [0.4, 0.5) is 11.4 Å². The normalized spacial score (nSPS) is 15.9. The van der Waals surface area contributed by atoms with E-state index in [0.29, 0.717) is 18.0 Å². The number of benzene rings is 2. The third kappa shape index (κ3) is 5.35. The van der Waals surface area contributed by atoms with Crippen LogP contribution in [0.1, 0.15) is 13.3 Å². The van der Waals surface area contributed by atoms with E-state index < -0.39 is 24.4 Å². The quantitative estimate of drug-likeness (QED) is 0.640. The molecule has 1 atom stereocenters. The fraction of sp³-hybridized carbons (Fsp3) is 0.286. The second kappa shape index (κ2) is 9.56. The van der Waals surface area contributed by atoms with Gasteiger partial charge in [-0.25, -0.2) is 0 Å². The molecular weight excluding hydrogens is 440 g/mol. The third-order valence-electron chi connectivity index (χ3n) is 4.40. The summed E-state index contributed by atoms with van der Waals surface area (Å²) in [5, 5.41) is 2.67. The smallest absolute Gasteiger partial charge is 0.311 e. The predicted octanol–water partition coefficient (Wildman–Crippen LogP) is 3.38. The largest absolute Gasteiger partial charge is 0.492 e. The van der Waals surface area contributed by atoms with Gasteiger partial charge in [-0.3, -0.25) is 14.4 Å². The van der Waals surface area contributed by atoms with Gasteiger partial charge in [0.05, 0.1) is 18.2 Å². The topological polar surface area (TPSA) is 84.9 Å². The molecule has 1 saturated heterocycles. The van der Waals surface area contributed by atoms with Crippen molar-refractivity contribution in [1.82, 2.24) is 0 Å². The number of hydrogen-bond donors (Lipinski definition) is 1. The van der Waals surface area contributed by atoms with Crippen molar-refractivity contribution in [2.45, 2.75) is 13.3 Å². The second-order valence-corrected chi connectivity index (χ2v) is 7.38. The standard InChI is InChI=1S/C21H21BrN2O5/c1-2-28-18-6-4-3-5-17(18)23-19(25)13-29-21(27)14-11-20(26)24(12-14)16-9-7-15(22)8-10-16/h3-10,14H,2,11-13H2,1H3,(H,23,25)/t14-/m1/s1. The van der Waals surface area contributed by atoms with Gasteiger partial charge in [-0.15, -0.1) is 0 Å². The molecule has 3 rings (SSSR count). The van der Waals surface area contributed by atoms with Crippen molar-refractivity contribution in [1.29, 1.82) is 0 Å². The summed E-state index contributed by atoms with van der Waals surface area (Å²) in [5.41, 5.74) is 1.23. The van der Waals surface area contributed by atoms with Crippen molar-refractivity contribution in [3.63, 3.8) is 0 Å². The highest BCUT2D eigenvalue weighted by atomic mass is 79.9. The summed E-state index contributed by atoms with van der Waals surface area (Å²) >= 11 is 3.35. The van der Waals surface area contributed by atoms with Crippen LogP contribution in [0, 0.1) is 5.92 Å². The number of carbonyl (C=O) groups excluding carboxylic acids is 3. The summed E-state index contributed by atoms with van der Waals surface area (Å²) < 4.78 is 11.5. The highest BCUT2D eigenvalue weighted by Gasteiger charge is 2.36. The Bertz CT molecular complexity index is 900. The number of ether oxygens (including phenoxy) is 2. The van der Waals surface area contributed by atoms with Gasteiger partial charge in [0.2, 0.25) is 5.91 Å². The van der Waals surface area contributed by atoms with Crippen molar-refractivity contribution in [3.05, 3.63) is 53.0 Å². The second-order valence-electron chi connectivity index (χ2n) is 6.47. The lowest BCUT2D eigenvalue weighted by molar-refractivity contribution is -0.151. The van der Waals surface area contributed by atoms with Crippen LogP contribution >= 0.6 is 15.9 Å². The lowest BCUT2D eigenvalue weighted by Gasteiger charge is -2.16. The summed E-state index contributed by atoms with van der Waals surface area (Å²) in [7, 11) is 0. The first-order chi connectivity index (χ1) is 14.0. The molecule has 2 aromatic carbocycles. The molecule has 152 valence electrons. The average Bonchev–Trinajstić information content (AvgIpc) is 3.10. The molecule has 8 heteroatoms. The molecule has 29 heavy (non-hydrogen) atoms. The molecule has 1 N–H and O–H groups in total. The Morgan fingerprint density at radius 1 is 1.17 bits per heavy atom. The number of nitrogens with zero attached hydrogens (tertiary/aromatic N) is 1. The minimum absolute atomic E-state index is 0.0592. The maximum Gasteiger partial charge on any atom is 0.311 e. The van der Waals surface area contributed by atoms with Crippen molar-refractivity contribution < 1.29 is 23.9 Å². The Morgan fingerprint density at radius 3 is 2.62 bits per heavy atom. The number of anilines is 2. The molecule has 0 radical (unpaired) electrons. The van der Waals surface area contributed by atoms with E-state index in [1.54, 1.807) is 41.3 Å². The molecule has 1 aliphatic heterocycles.